The summed E-state index contributed by atoms with van der Waals surface area (Å²) in [5.74, 6) is -35.5. The summed E-state index contributed by atoms with van der Waals surface area (Å²) >= 11 is -0.223. The van der Waals surface area contributed by atoms with Crippen LogP contribution in [-0.2, 0) is 19.5 Å². The van der Waals surface area contributed by atoms with Crippen LogP contribution < -0.4 is 9.47 Å². The van der Waals surface area contributed by atoms with E-state index in [1.165, 1.54) is 0 Å². The minimum atomic E-state index is -5.84. The van der Waals surface area contributed by atoms with Gasteiger partial charge in [-0.2, -0.15) is 52.3 Å². The molecule has 22 heteroatoms. The van der Waals surface area contributed by atoms with Crippen molar-refractivity contribution in [1.29, 1.82) is 0 Å². The highest BCUT2D eigenvalue weighted by Crippen LogP contribution is 2.69. The van der Waals surface area contributed by atoms with Crippen LogP contribution in [0.5, 0.6) is 11.5 Å². The van der Waals surface area contributed by atoms with Crippen LogP contribution in [0, 0.1) is 0 Å². The molecular formula is C22H14F12O8S2. The molecule has 4 rings (SSSR count). The van der Waals surface area contributed by atoms with Crippen molar-refractivity contribution in [2.75, 3.05) is 0 Å². The molecule has 2 unspecified atom stereocenters. The standard InChI is InChI=1S/C22H14F12O8S2/c1-15(23)18(27,28)22(34,19(15,29)30)39-11-5-3-9(7-13(11)43-42-41-35)10-4-6-12(14(8-10)44(36,37)38)40-21(33)16(2,24)17(25,26)20(21,31)32/h3-8,35H,1-2H3,(H,36,37,38). The average Bonchev–Trinajstić information content (AvgIpc) is 2.90. The maximum absolute atomic E-state index is 14.8. The van der Waals surface area contributed by atoms with Gasteiger partial charge in [-0.3, -0.25) is 4.55 Å². The smallest absolute Gasteiger partial charge is 0.385 e. The minimum Gasteiger partial charge on any atom is -0.448 e. The van der Waals surface area contributed by atoms with Crippen LogP contribution in [0.2, 0.25) is 0 Å². The van der Waals surface area contributed by atoms with E-state index < -0.39 is 83.7 Å². The van der Waals surface area contributed by atoms with Crippen molar-refractivity contribution in [2.24, 2.45) is 0 Å². The fourth-order valence-corrected chi connectivity index (χ4v) is 5.43. The van der Waals surface area contributed by atoms with Crippen LogP contribution in [-0.4, -0.2) is 65.0 Å². The monoisotopic (exact) mass is 698 g/mol. The summed E-state index contributed by atoms with van der Waals surface area (Å²) < 4.78 is 215. The first-order chi connectivity index (χ1) is 19.7. The highest BCUT2D eigenvalue weighted by molar-refractivity contribution is 7.94. The number of hydrogen-bond donors (Lipinski definition) is 2. The fraction of sp³-hybridized carbons (Fsp3) is 0.455. The summed E-state index contributed by atoms with van der Waals surface area (Å²) in [6.07, 6.45) is 0. The summed E-state index contributed by atoms with van der Waals surface area (Å²) in [5, 5.41) is 11.7. The molecular weight excluding hydrogens is 684 g/mol. The second-order valence-corrected chi connectivity index (χ2v) is 11.9. The zero-order valence-electron chi connectivity index (χ0n) is 21.2. The maximum Gasteiger partial charge on any atom is 0.385 e. The molecule has 0 spiro atoms. The number of benzene rings is 2. The molecule has 2 aromatic rings. The predicted octanol–water partition coefficient (Wildman–Crippen LogP) is 7.14. The lowest BCUT2D eigenvalue weighted by atomic mass is 9.69. The van der Waals surface area contributed by atoms with Crippen molar-refractivity contribution in [3.05, 3.63) is 36.4 Å². The third-order valence-electron chi connectivity index (χ3n) is 7.13. The zero-order chi connectivity index (χ0) is 33.7. The van der Waals surface area contributed by atoms with Crippen LogP contribution in [0.25, 0.3) is 11.1 Å². The molecule has 2 N–H and O–H groups in total. The molecule has 0 aromatic heterocycles. The third-order valence-corrected chi connectivity index (χ3v) is 8.64. The van der Waals surface area contributed by atoms with Crippen molar-refractivity contribution in [2.45, 2.75) is 70.4 Å². The SMILES string of the molecule is CC1(F)C(F)(F)C(F)(Oc2ccc(-c3ccc(OC4(F)C(C)(F)C(F)(F)C4(F)F)c(S(=O)(=O)O)c3)cc2SOOO)C1(F)F. The van der Waals surface area contributed by atoms with Gasteiger partial charge in [-0.05, 0) is 49.2 Å². The maximum atomic E-state index is 14.8. The van der Waals surface area contributed by atoms with Gasteiger partial charge >= 0.3 is 35.4 Å². The Morgan fingerprint density at radius 2 is 1.14 bits per heavy atom. The Morgan fingerprint density at radius 1 is 0.659 bits per heavy atom. The van der Waals surface area contributed by atoms with E-state index in [2.05, 4.69) is 18.8 Å². The Kier molecular flexibility index (Phi) is 7.52. The summed E-state index contributed by atoms with van der Waals surface area (Å²) in [6, 6.07) is 3.15. The van der Waals surface area contributed by atoms with E-state index >= 15 is 0 Å². The van der Waals surface area contributed by atoms with Gasteiger partial charge in [0.15, 0.2) is 0 Å². The number of ether oxygens (including phenoxy) is 2. The molecule has 8 nitrogen and oxygen atoms in total. The molecule has 2 aliphatic rings. The number of rotatable bonds is 9. The second kappa shape index (κ2) is 9.67. The molecule has 0 bridgehead atoms. The van der Waals surface area contributed by atoms with E-state index in [9.17, 15) is 65.7 Å². The van der Waals surface area contributed by atoms with Gasteiger partial charge in [-0.25, -0.2) is 14.0 Å². The van der Waals surface area contributed by atoms with Crippen molar-refractivity contribution < 1.29 is 89.8 Å². The van der Waals surface area contributed by atoms with E-state index in [1.54, 1.807) is 0 Å². The normalized spacial score (nSPS) is 33.2. The van der Waals surface area contributed by atoms with Crippen LogP contribution >= 0.6 is 12.0 Å². The predicted molar refractivity (Wildman–Crippen MR) is 120 cm³/mol. The lowest BCUT2D eigenvalue weighted by Crippen LogP contribution is -2.86. The van der Waals surface area contributed by atoms with Crippen LogP contribution in [0.15, 0.2) is 46.2 Å². The number of hydrogen-bond acceptors (Lipinski definition) is 8. The summed E-state index contributed by atoms with van der Waals surface area (Å²) in [6.45, 7) is -0.579. The summed E-state index contributed by atoms with van der Waals surface area (Å²) in [7, 11) is -5.62. The molecule has 0 saturated heterocycles. The van der Waals surface area contributed by atoms with Crippen LogP contribution in [0.3, 0.4) is 0 Å². The Balaban J connectivity index is 1.76. The van der Waals surface area contributed by atoms with Crippen LogP contribution in [0.4, 0.5) is 52.7 Å². The molecule has 246 valence electrons. The Hall–Kier alpha value is -2.66. The largest absolute Gasteiger partial charge is 0.448 e. The lowest BCUT2D eigenvalue weighted by molar-refractivity contribution is -0.481. The molecule has 0 heterocycles. The first-order valence-electron chi connectivity index (χ1n) is 11.3. The topological polar surface area (TPSA) is 112 Å². The Labute approximate surface area is 241 Å². The zero-order valence-corrected chi connectivity index (χ0v) is 22.8. The molecule has 0 amide bonds. The van der Waals surface area contributed by atoms with Crippen molar-refractivity contribution >= 4 is 22.2 Å². The van der Waals surface area contributed by atoms with Gasteiger partial charge in [0, 0.05) is 0 Å². The van der Waals surface area contributed by atoms with E-state index in [0.29, 0.717) is 36.4 Å². The van der Waals surface area contributed by atoms with Crippen molar-refractivity contribution in [1.82, 2.24) is 0 Å². The van der Waals surface area contributed by atoms with Gasteiger partial charge in [0.2, 0.25) is 5.67 Å². The molecule has 0 radical (unpaired) electrons. The van der Waals surface area contributed by atoms with Crippen molar-refractivity contribution in [3.63, 3.8) is 0 Å². The third kappa shape index (κ3) is 4.06. The van der Waals surface area contributed by atoms with Gasteiger partial charge in [0.1, 0.15) is 16.4 Å². The lowest BCUT2D eigenvalue weighted by Gasteiger charge is -2.55. The molecule has 44 heavy (non-hydrogen) atoms. The molecule has 0 aliphatic heterocycles. The van der Waals surface area contributed by atoms with Gasteiger partial charge in [-0.1, -0.05) is 17.2 Å². The van der Waals surface area contributed by atoms with Crippen LogP contribution in [0.1, 0.15) is 13.8 Å². The van der Waals surface area contributed by atoms with Gasteiger partial charge in [-0.15, -0.1) is 4.33 Å². The van der Waals surface area contributed by atoms with E-state index in [0.717, 1.165) is 0 Å². The summed E-state index contributed by atoms with van der Waals surface area (Å²) in [5.41, 5.74) is -10.3. The summed E-state index contributed by atoms with van der Waals surface area (Å²) in [4.78, 5) is -2.41. The molecule has 2 atom stereocenters. The molecule has 2 aromatic carbocycles. The fourth-order valence-electron chi connectivity index (χ4n) is 4.32. The second-order valence-electron chi connectivity index (χ2n) is 9.72. The highest BCUT2D eigenvalue weighted by atomic mass is 32.2. The van der Waals surface area contributed by atoms with E-state index in [-0.39, 0.29) is 31.5 Å². The van der Waals surface area contributed by atoms with E-state index in [1.807, 2.05) is 0 Å². The molecule has 2 saturated carbocycles. The van der Waals surface area contributed by atoms with E-state index in [4.69, 9.17) is 5.26 Å². The van der Waals surface area contributed by atoms with Gasteiger partial charge in [0.05, 0.1) is 16.9 Å². The Bertz CT molecular complexity index is 1560. The molecule has 2 aliphatic carbocycles. The number of alkyl halides is 12. The average molecular weight is 698 g/mol. The molecule has 2 fully saturated rings. The number of halogens is 12. The first-order valence-corrected chi connectivity index (χ1v) is 13.4. The van der Waals surface area contributed by atoms with Gasteiger partial charge in [0.25, 0.3) is 15.8 Å². The van der Waals surface area contributed by atoms with Gasteiger partial charge < -0.3 is 9.47 Å². The first kappa shape index (κ1) is 34.2. The highest BCUT2D eigenvalue weighted by Gasteiger charge is 2.99. The minimum absolute atomic E-state index is 0.223. The quantitative estimate of drug-likeness (QED) is 0.0928. The van der Waals surface area contributed by atoms with Crippen molar-refractivity contribution in [3.8, 4) is 22.6 Å². The Morgan fingerprint density at radius 3 is 1.61 bits per heavy atom.